The lowest BCUT2D eigenvalue weighted by molar-refractivity contribution is 0.0931. The van der Waals surface area contributed by atoms with E-state index in [2.05, 4.69) is 49.0 Å². The SMILES string of the molecule is CCCCn1c(COC)c(OC)cc(C(=O)NC(C)C)c1=O.CCCc1c(CC)cc(C(=O)NC(C)C)c(=O)n1Cc1ccc(F)cc1.CCc1cc(C(=O)NC(C)C)c(=O)n(CC2CCCCC2)c1C(C)C.CCc1cc(C(=O)NC(C)C)c(=O)n(Cc2ccc(F)cc2)c1C(C)C. The maximum absolute atomic E-state index is 13.2. The molecule has 0 radical (unpaired) electrons. The number of aryl methyl sites for hydroxylation is 3. The van der Waals surface area contributed by atoms with Gasteiger partial charge in [-0.3, -0.25) is 38.4 Å². The van der Waals surface area contributed by atoms with Crippen LogP contribution in [-0.4, -0.2) is 80.3 Å². The van der Waals surface area contributed by atoms with E-state index >= 15 is 0 Å². The molecule has 20 heteroatoms. The summed E-state index contributed by atoms with van der Waals surface area (Å²) >= 11 is 0. The third-order valence-corrected chi connectivity index (χ3v) is 17.0. The number of halogens is 2. The highest BCUT2D eigenvalue weighted by Crippen LogP contribution is 2.29. The molecule has 4 aromatic heterocycles. The molecule has 99 heavy (non-hydrogen) atoms. The predicted molar refractivity (Wildman–Crippen MR) is 393 cm³/mol. The van der Waals surface area contributed by atoms with Gasteiger partial charge in [0, 0.05) is 67.5 Å². The van der Waals surface area contributed by atoms with E-state index in [1.807, 2.05) is 101 Å². The third kappa shape index (κ3) is 24.0. The van der Waals surface area contributed by atoms with Crippen molar-refractivity contribution < 1.29 is 37.4 Å². The standard InChI is InChI=1S/2C21H27FN2O2.C21H34N2O2.C16H26N2O4/c1-6-16-11-18(20(25)23-14(4)5)21(26)24(19(16)13(2)3)12-15-7-9-17(22)10-8-15;1-5-7-19-16(6-2)12-18(20(25)23-14(3)4)21(26)24(19)13-15-8-10-17(22)11-9-15;1-6-17-12-18(20(24)22-15(4)5)21(25)23(19(17)14(2)3)13-16-10-8-7-9-11-16;1-6-7-8-18-13(10-21-4)14(22-5)9-12(16(18)20)15(19)17-11(2)3/h7-11,13-14H,6,12H2,1-5H3,(H,23,25);8-12,14H,5-7,13H2,1-4H3,(H,23,25);12,14-16H,6-11,13H2,1-5H3,(H,22,24);9,11H,6-8,10H2,1-5H3,(H,17,19). The van der Waals surface area contributed by atoms with Crippen molar-refractivity contribution >= 4 is 23.6 Å². The van der Waals surface area contributed by atoms with Gasteiger partial charge in [0.1, 0.15) is 39.6 Å². The Morgan fingerprint density at radius 3 is 1.22 bits per heavy atom. The Bertz CT molecular complexity index is 3870. The molecule has 1 saturated carbocycles. The van der Waals surface area contributed by atoms with E-state index in [9.17, 15) is 47.1 Å². The quantitative estimate of drug-likeness (QED) is 0.0382. The smallest absolute Gasteiger partial charge is 0.263 e. The average molecular weight is 1370 g/mol. The highest BCUT2D eigenvalue weighted by molar-refractivity contribution is 5.96. The van der Waals surface area contributed by atoms with Crippen LogP contribution in [0.2, 0.25) is 0 Å². The lowest BCUT2D eigenvalue weighted by Crippen LogP contribution is -2.39. The number of benzene rings is 2. The highest BCUT2D eigenvalue weighted by Gasteiger charge is 2.26. The minimum Gasteiger partial charge on any atom is -0.495 e. The number of nitrogens with one attached hydrogen (secondary N) is 4. The van der Waals surface area contributed by atoms with Crippen LogP contribution >= 0.6 is 0 Å². The maximum Gasteiger partial charge on any atom is 0.263 e. The van der Waals surface area contributed by atoms with Crippen LogP contribution < -0.4 is 48.2 Å². The average Bonchev–Trinajstić information content (AvgIpc) is 0.807. The van der Waals surface area contributed by atoms with Gasteiger partial charge in [0.05, 0.1) is 32.5 Å². The van der Waals surface area contributed by atoms with Gasteiger partial charge in [0.2, 0.25) is 0 Å². The topological polar surface area (TPSA) is 223 Å². The maximum atomic E-state index is 13.2. The molecule has 7 rings (SSSR count). The molecule has 6 aromatic rings. The molecule has 1 fully saturated rings. The Kier molecular flexibility index (Phi) is 34.2. The first-order valence-electron chi connectivity index (χ1n) is 35.7. The Labute approximate surface area is 586 Å². The van der Waals surface area contributed by atoms with E-state index in [4.69, 9.17) is 9.47 Å². The molecule has 544 valence electrons. The molecule has 4 heterocycles. The van der Waals surface area contributed by atoms with E-state index < -0.39 is 0 Å². The molecule has 0 spiro atoms. The molecule has 4 N–H and O–H groups in total. The second kappa shape index (κ2) is 40.7. The van der Waals surface area contributed by atoms with Crippen LogP contribution in [0.4, 0.5) is 8.78 Å². The summed E-state index contributed by atoms with van der Waals surface area (Å²) in [6.07, 6.45) is 11.9. The summed E-state index contributed by atoms with van der Waals surface area (Å²) in [5.41, 5.74) is 8.07. The van der Waals surface area contributed by atoms with E-state index in [1.165, 1.54) is 69.5 Å². The minimum atomic E-state index is -0.382. The lowest BCUT2D eigenvalue weighted by Gasteiger charge is -2.27. The number of hydrogen-bond donors (Lipinski definition) is 4. The van der Waals surface area contributed by atoms with Crippen molar-refractivity contribution in [2.45, 2.75) is 264 Å². The Morgan fingerprint density at radius 2 is 0.848 bits per heavy atom. The molecule has 0 unspecified atom stereocenters. The molecule has 0 atom stereocenters. The van der Waals surface area contributed by atoms with Crippen molar-refractivity contribution in [2.24, 2.45) is 5.92 Å². The van der Waals surface area contributed by atoms with Crippen LogP contribution in [0.5, 0.6) is 5.75 Å². The van der Waals surface area contributed by atoms with Gasteiger partial charge in [-0.05, 0) is 188 Å². The fraction of sp³-hybridized carbons (Fsp3) is 0.544. The number of aromatic nitrogens is 4. The summed E-state index contributed by atoms with van der Waals surface area (Å²) in [6.45, 7) is 35.7. The zero-order valence-electron chi connectivity index (χ0n) is 62.6. The molecular weight excluding hydrogens is 1260 g/mol. The Balaban J connectivity index is 0.000000281. The number of rotatable bonds is 27. The summed E-state index contributed by atoms with van der Waals surface area (Å²) < 4.78 is 43.8. The number of carbonyl (C=O) groups excluding carboxylic acids is 4. The minimum absolute atomic E-state index is 0.0218. The number of ether oxygens (including phenoxy) is 2. The van der Waals surface area contributed by atoms with E-state index in [1.54, 1.807) is 57.2 Å². The van der Waals surface area contributed by atoms with Gasteiger partial charge in [0.25, 0.3) is 45.9 Å². The molecule has 1 aliphatic carbocycles. The fourth-order valence-electron chi connectivity index (χ4n) is 12.4. The molecule has 0 bridgehead atoms. The molecular formula is C79H114F2N8O10. The van der Waals surface area contributed by atoms with Crippen LogP contribution in [0.25, 0.3) is 0 Å². The van der Waals surface area contributed by atoms with Crippen molar-refractivity contribution in [3.8, 4) is 5.75 Å². The first kappa shape index (κ1) is 83.2. The van der Waals surface area contributed by atoms with Gasteiger partial charge in [0.15, 0.2) is 0 Å². The predicted octanol–water partition coefficient (Wildman–Crippen LogP) is 13.7. The summed E-state index contributed by atoms with van der Waals surface area (Å²) in [6, 6.07) is 18.9. The summed E-state index contributed by atoms with van der Waals surface area (Å²) in [7, 11) is 3.08. The molecule has 4 amide bonds. The number of pyridine rings is 4. The lowest BCUT2D eigenvalue weighted by atomic mass is 9.88. The van der Waals surface area contributed by atoms with Crippen molar-refractivity contribution in [1.82, 2.24) is 39.5 Å². The molecule has 18 nitrogen and oxygen atoms in total. The fourth-order valence-corrected chi connectivity index (χ4v) is 12.4. The summed E-state index contributed by atoms with van der Waals surface area (Å²) in [4.78, 5) is 102. The van der Waals surface area contributed by atoms with Gasteiger partial charge in [-0.15, -0.1) is 0 Å². The van der Waals surface area contributed by atoms with Crippen molar-refractivity contribution in [3.63, 3.8) is 0 Å². The molecule has 2 aromatic carbocycles. The van der Waals surface area contributed by atoms with E-state index in [-0.39, 0.29) is 117 Å². The summed E-state index contributed by atoms with van der Waals surface area (Å²) in [5, 5.41) is 11.2. The largest absolute Gasteiger partial charge is 0.495 e. The number of hydrogen-bond acceptors (Lipinski definition) is 10. The van der Waals surface area contributed by atoms with Crippen LogP contribution in [0.3, 0.4) is 0 Å². The van der Waals surface area contributed by atoms with Crippen LogP contribution in [0, 0.1) is 17.6 Å². The number of methoxy groups -OCH3 is 2. The number of unbranched alkanes of at least 4 members (excludes halogenated alkanes) is 1. The zero-order valence-corrected chi connectivity index (χ0v) is 62.6. The highest BCUT2D eigenvalue weighted by atomic mass is 19.1. The second-order valence-corrected chi connectivity index (χ2v) is 27.4. The summed E-state index contributed by atoms with van der Waals surface area (Å²) in [5.74, 6) is -0.524. The van der Waals surface area contributed by atoms with E-state index in [0.717, 1.165) is 96.4 Å². The first-order chi connectivity index (χ1) is 46.9. The van der Waals surface area contributed by atoms with Gasteiger partial charge in [-0.25, -0.2) is 8.78 Å². The van der Waals surface area contributed by atoms with Gasteiger partial charge >= 0.3 is 0 Å². The molecule has 0 aliphatic heterocycles. The van der Waals surface area contributed by atoms with Crippen LogP contribution in [0.15, 0.2) is 92.0 Å². The van der Waals surface area contributed by atoms with Crippen LogP contribution in [0.1, 0.15) is 273 Å². The van der Waals surface area contributed by atoms with Crippen molar-refractivity contribution in [2.75, 3.05) is 14.2 Å². The van der Waals surface area contributed by atoms with Gasteiger partial charge in [-0.1, -0.05) is 119 Å². The van der Waals surface area contributed by atoms with Gasteiger partial charge in [-0.2, -0.15) is 0 Å². The monoisotopic (exact) mass is 1370 g/mol. The molecule has 1 aliphatic rings. The third-order valence-electron chi connectivity index (χ3n) is 17.0. The van der Waals surface area contributed by atoms with Gasteiger partial charge < -0.3 is 49.0 Å². The Morgan fingerprint density at radius 1 is 0.475 bits per heavy atom. The zero-order chi connectivity index (χ0) is 74.0. The number of carbonyl (C=O) groups is 4. The normalized spacial score (nSPS) is 12.2. The number of amides is 4. The van der Waals surface area contributed by atoms with Crippen molar-refractivity contribution in [1.29, 1.82) is 0 Å². The molecule has 0 saturated heterocycles. The van der Waals surface area contributed by atoms with Crippen LogP contribution in [-0.2, 0) is 63.2 Å². The first-order valence-corrected chi connectivity index (χ1v) is 35.7. The van der Waals surface area contributed by atoms with Crippen molar-refractivity contribution in [3.05, 3.63) is 199 Å². The van der Waals surface area contributed by atoms with E-state index in [0.29, 0.717) is 42.6 Å². The Hall–Kier alpha value is -8.26. The second-order valence-electron chi connectivity index (χ2n) is 27.4. The number of nitrogens with zero attached hydrogens (tertiary/aromatic N) is 4.